The highest BCUT2D eigenvalue weighted by Gasteiger charge is 2.49. The van der Waals surface area contributed by atoms with Crippen molar-refractivity contribution in [1.29, 1.82) is 0 Å². The van der Waals surface area contributed by atoms with Crippen molar-refractivity contribution in [3.63, 3.8) is 0 Å². The largest absolute Gasteiger partial charge is 0.507 e. The summed E-state index contributed by atoms with van der Waals surface area (Å²) in [5.41, 5.74) is 16.4. The van der Waals surface area contributed by atoms with Gasteiger partial charge in [-0.15, -0.1) is 0 Å². The molecule has 6 nitrogen and oxygen atoms in total. The minimum absolute atomic E-state index is 0.204. The van der Waals surface area contributed by atoms with Gasteiger partial charge in [0.1, 0.15) is 23.0 Å². The molecule has 0 bridgehead atoms. The van der Waals surface area contributed by atoms with Crippen LogP contribution >= 0.6 is 63.7 Å². The van der Waals surface area contributed by atoms with Gasteiger partial charge >= 0.3 is 0 Å². The zero-order valence-electron chi connectivity index (χ0n) is 45.7. The zero-order valence-corrected chi connectivity index (χ0v) is 52.0. The summed E-state index contributed by atoms with van der Waals surface area (Å²) in [5, 5.41) is 60.0. The molecule has 0 heterocycles. The molecule has 0 aromatic heterocycles. The van der Waals surface area contributed by atoms with Crippen LogP contribution in [0.4, 0.5) is 8.78 Å². The van der Waals surface area contributed by atoms with E-state index in [2.05, 4.69) is 161 Å². The maximum atomic E-state index is 14.4. The van der Waals surface area contributed by atoms with Crippen LogP contribution in [0.2, 0.25) is 0 Å². The van der Waals surface area contributed by atoms with Gasteiger partial charge in [-0.1, -0.05) is 182 Å². The number of hydrogen-bond donors (Lipinski definition) is 6. The van der Waals surface area contributed by atoms with Gasteiger partial charge in [-0.2, -0.15) is 0 Å². The fraction of sp³-hybridized carbons (Fsp3) is 0.0400. The maximum absolute atomic E-state index is 14.4. The molecule has 12 aromatic carbocycles. The van der Waals surface area contributed by atoms with Crippen LogP contribution in [0.25, 0.3) is 33.4 Å². The Bertz CT molecular complexity index is 3970. The van der Waals surface area contributed by atoms with Crippen LogP contribution in [0.15, 0.2) is 273 Å². The Kier molecular flexibility index (Phi) is 14.8. The van der Waals surface area contributed by atoms with Crippen molar-refractivity contribution >= 4 is 63.7 Å². The van der Waals surface area contributed by atoms with Crippen molar-refractivity contribution in [2.75, 3.05) is 0 Å². The first-order valence-electron chi connectivity index (χ1n) is 27.6. The lowest BCUT2D eigenvalue weighted by atomic mass is 9.67. The Labute approximate surface area is 534 Å². The first kappa shape index (κ1) is 57.3. The molecule has 15 rings (SSSR count). The number of phenols is 6. The van der Waals surface area contributed by atoms with Crippen molar-refractivity contribution in [3.05, 3.63) is 351 Å². The summed E-state index contributed by atoms with van der Waals surface area (Å²) in [7, 11) is 0. The lowest BCUT2D eigenvalue weighted by Crippen LogP contribution is -2.28. The van der Waals surface area contributed by atoms with E-state index in [1.165, 1.54) is 68.8 Å². The van der Waals surface area contributed by atoms with Crippen LogP contribution in [0.5, 0.6) is 34.5 Å². The van der Waals surface area contributed by atoms with Gasteiger partial charge in [-0.25, -0.2) is 8.78 Å². The molecule has 3 aliphatic carbocycles. The molecule has 0 fully saturated rings. The van der Waals surface area contributed by atoms with Crippen molar-refractivity contribution in [3.8, 4) is 67.9 Å². The Morgan fingerprint density at radius 1 is 0.218 bits per heavy atom. The Balaban J connectivity index is 0.000000121. The second-order valence-electron chi connectivity index (χ2n) is 21.5. The van der Waals surface area contributed by atoms with Crippen molar-refractivity contribution in [2.45, 2.75) is 16.2 Å². The standard InChI is InChI=1S/2C25H16Br2O2.C25H16F2O2/c3*26-21-13-15(9-11-23(21)28)25(16-10-12-24(29)22(27)14-16)19-7-3-1-5-17(19)18-6-2-4-8-20(18)25/h3*1-14,28-29H. The van der Waals surface area contributed by atoms with Gasteiger partial charge in [0.05, 0.1) is 34.1 Å². The maximum Gasteiger partial charge on any atom is 0.165 e. The average molecular weight is 1400 g/mol. The molecular weight excluding hydrogens is 1350 g/mol. The van der Waals surface area contributed by atoms with Crippen molar-refractivity contribution < 1.29 is 39.4 Å². The molecule has 0 atom stereocenters. The molecule has 0 spiro atoms. The van der Waals surface area contributed by atoms with Crippen molar-refractivity contribution in [1.82, 2.24) is 0 Å². The fourth-order valence-corrected chi connectivity index (χ4v) is 15.0. The third kappa shape index (κ3) is 9.09. The molecule has 87 heavy (non-hydrogen) atoms. The predicted molar refractivity (Wildman–Crippen MR) is 352 cm³/mol. The van der Waals surface area contributed by atoms with Crippen LogP contribution in [-0.4, -0.2) is 30.6 Å². The van der Waals surface area contributed by atoms with Gasteiger partial charge in [-0.05, 0) is 237 Å². The average Bonchev–Trinajstić information content (AvgIpc) is 1.60. The van der Waals surface area contributed by atoms with Gasteiger partial charge in [0, 0.05) is 0 Å². The van der Waals surface area contributed by atoms with Gasteiger partial charge in [0.25, 0.3) is 0 Å². The normalized spacial score (nSPS) is 13.7. The van der Waals surface area contributed by atoms with E-state index in [-0.39, 0.29) is 23.0 Å². The molecular formula is C75H48Br4F2O6. The van der Waals surface area contributed by atoms with Gasteiger partial charge in [0.2, 0.25) is 0 Å². The number of phenolic OH excluding ortho intramolecular Hbond substituents is 6. The highest BCUT2D eigenvalue weighted by molar-refractivity contribution is 9.11. The number of hydrogen-bond acceptors (Lipinski definition) is 6. The Morgan fingerprint density at radius 3 is 0.575 bits per heavy atom. The molecule has 12 aromatic rings. The highest BCUT2D eigenvalue weighted by Crippen LogP contribution is 2.60. The van der Waals surface area contributed by atoms with Gasteiger partial charge in [-0.3, -0.25) is 0 Å². The van der Waals surface area contributed by atoms with Crippen LogP contribution in [-0.2, 0) is 16.2 Å². The fourth-order valence-electron chi connectivity index (χ4n) is 13.5. The summed E-state index contributed by atoms with van der Waals surface area (Å²) in [6.45, 7) is 0. The minimum atomic E-state index is -0.990. The van der Waals surface area contributed by atoms with E-state index in [1.807, 2.05) is 97.1 Å². The summed E-state index contributed by atoms with van der Waals surface area (Å²) < 4.78 is 31.5. The van der Waals surface area contributed by atoms with Crippen LogP contribution in [0.3, 0.4) is 0 Å². The lowest BCUT2D eigenvalue weighted by Gasteiger charge is -2.34. The first-order chi connectivity index (χ1) is 42.1. The van der Waals surface area contributed by atoms with E-state index in [0.717, 1.165) is 44.5 Å². The summed E-state index contributed by atoms with van der Waals surface area (Å²) in [6, 6.07) is 80.5. The van der Waals surface area contributed by atoms with Crippen LogP contribution in [0.1, 0.15) is 66.8 Å². The highest BCUT2D eigenvalue weighted by atomic mass is 79.9. The topological polar surface area (TPSA) is 121 Å². The molecule has 0 aliphatic heterocycles. The van der Waals surface area contributed by atoms with Gasteiger partial charge < -0.3 is 30.6 Å². The number of aromatic hydroxyl groups is 6. The summed E-state index contributed by atoms with van der Waals surface area (Å²) >= 11 is 14.0. The van der Waals surface area contributed by atoms with E-state index in [0.29, 0.717) is 29.0 Å². The molecule has 0 saturated carbocycles. The lowest BCUT2D eigenvalue weighted by molar-refractivity contribution is 0.430. The third-order valence-electron chi connectivity index (χ3n) is 17.1. The Morgan fingerprint density at radius 2 is 0.391 bits per heavy atom. The molecule has 0 unspecified atom stereocenters. The van der Waals surface area contributed by atoms with Crippen molar-refractivity contribution in [2.24, 2.45) is 0 Å². The van der Waals surface area contributed by atoms with E-state index in [4.69, 9.17) is 0 Å². The Hall–Kier alpha value is -8.78. The van der Waals surface area contributed by atoms with E-state index >= 15 is 0 Å². The predicted octanol–water partition coefficient (Wildman–Crippen LogP) is 19.7. The molecule has 12 heteroatoms. The quantitative estimate of drug-likeness (QED) is 0.0986. The smallest absolute Gasteiger partial charge is 0.165 e. The molecule has 0 saturated heterocycles. The molecule has 6 N–H and O–H groups in total. The molecule has 0 radical (unpaired) electrons. The third-order valence-corrected chi connectivity index (χ3v) is 19.7. The SMILES string of the molecule is Oc1ccc(C2(c3ccc(O)c(Br)c3)c3ccccc3-c3ccccc32)cc1Br.Oc1ccc(C2(c3ccc(O)c(Br)c3)c3ccccc3-c3ccccc32)cc1Br.Oc1ccc(C2(c3ccc(O)c(F)c3)c3ccccc3-c3ccccc32)cc1F. The number of fused-ring (bicyclic) bond motifs is 9. The summed E-state index contributed by atoms with van der Waals surface area (Å²) in [4.78, 5) is 0. The second-order valence-corrected chi connectivity index (χ2v) is 24.9. The first-order valence-corrected chi connectivity index (χ1v) is 30.8. The number of halogens is 6. The summed E-state index contributed by atoms with van der Waals surface area (Å²) in [6.07, 6.45) is 0. The van der Waals surface area contributed by atoms with Crippen LogP contribution < -0.4 is 0 Å². The van der Waals surface area contributed by atoms with E-state index < -0.39 is 39.4 Å². The molecule has 3 aliphatic rings. The van der Waals surface area contributed by atoms with Gasteiger partial charge in [0.15, 0.2) is 23.1 Å². The number of benzene rings is 12. The van der Waals surface area contributed by atoms with E-state index in [1.54, 1.807) is 36.4 Å². The molecule has 426 valence electrons. The monoisotopic (exact) mass is 1400 g/mol. The van der Waals surface area contributed by atoms with Crippen LogP contribution in [0, 0.1) is 11.6 Å². The molecule has 0 amide bonds. The summed E-state index contributed by atoms with van der Waals surface area (Å²) in [5.74, 6) is -1.57. The number of rotatable bonds is 6. The minimum Gasteiger partial charge on any atom is -0.507 e. The van der Waals surface area contributed by atoms with E-state index in [9.17, 15) is 39.4 Å². The second kappa shape index (κ2) is 22.5. The zero-order chi connectivity index (χ0) is 60.5.